The molecule has 0 saturated heterocycles. The van der Waals surface area contributed by atoms with E-state index in [0.29, 0.717) is 5.75 Å². The van der Waals surface area contributed by atoms with Gasteiger partial charge in [0.25, 0.3) is 5.69 Å². The van der Waals surface area contributed by atoms with E-state index in [2.05, 4.69) is 10.5 Å². The summed E-state index contributed by atoms with van der Waals surface area (Å²) in [7, 11) is 1.46. The van der Waals surface area contributed by atoms with Crippen molar-refractivity contribution in [3.05, 3.63) is 102 Å². The van der Waals surface area contributed by atoms with Crippen molar-refractivity contribution in [2.75, 3.05) is 12.5 Å². The number of ether oxygens (including phenoxy) is 2. The van der Waals surface area contributed by atoms with Crippen molar-refractivity contribution in [1.82, 2.24) is 0 Å². The van der Waals surface area contributed by atoms with Crippen LogP contribution in [0.25, 0.3) is 0 Å². The first-order valence-corrected chi connectivity index (χ1v) is 9.56. The van der Waals surface area contributed by atoms with Crippen molar-refractivity contribution in [1.29, 1.82) is 0 Å². The monoisotopic (exact) mass is 481 g/mol. The maximum atomic E-state index is 12.3. The summed E-state index contributed by atoms with van der Waals surface area (Å²) in [6.07, 6.45) is 1.13. The zero-order valence-corrected chi connectivity index (χ0v) is 17.8. The largest absolute Gasteiger partial charge is 0.497 e. The second-order valence-corrected chi connectivity index (χ2v) is 6.69. The van der Waals surface area contributed by atoms with Gasteiger partial charge in [0.15, 0.2) is 0 Å². The fourth-order valence-electron chi connectivity index (χ4n) is 2.79. The van der Waals surface area contributed by atoms with Crippen LogP contribution in [-0.2, 0) is 0 Å². The molecule has 0 spiro atoms. The summed E-state index contributed by atoms with van der Waals surface area (Å²) < 4.78 is 10.2. The average Bonchev–Trinajstić information content (AvgIpc) is 2.84. The lowest BCUT2D eigenvalue weighted by atomic mass is 10.2. The highest BCUT2D eigenvalue weighted by atomic mass is 16.6. The molecule has 178 valence electrons. The summed E-state index contributed by atoms with van der Waals surface area (Å²) in [5, 5.41) is 37.3. The van der Waals surface area contributed by atoms with Gasteiger partial charge in [-0.1, -0.05) is 0 Å². The number of carbonyl (C=O) groups is 1. The fourth-order valence-corrected chi connectivity index (χ4v) is 2.79. The molecule has 0 unspecified atom stereocenters. The minimum absolute atomic E-state index is 0.128. The highest BCUT2D eigenvalue weighted by molar-refractivity contribution is 5.92. The van der Waals surface area contributed by atoms with Gasteiger partial charge in [0.05, 0.1) is 39.7 Å². The number of benzene rings is 3. The van der Waals surface area contributed by atoms with Crippen LogP contribution < -0.4 is 14.9 Å². The summed E-state index contributed by atoms with van der Waals surface area (Å²) in [5.74, 6) is -0.597. The van der Waals surface area contributed by atoms with Gasteiger partial charge in [0.1, 0.15) is 11.4 Å². The number of nitro groups is 3. The summed E-state index contributed by atoms with van der Waals surface area (Å²) in [4.78, 5) is 43.5. The highest BCUT2D eigenvalue weighted by Gasteiger charge is 2.21. The van der Waals surface area contributed by atoms with E-state index in [4.69, 9.17) is 9.47 Å². The Bertz CT molecular complexity index is 1340. The van der Waals surface area contributed by atoms with Crippen LogP contribution >= 0.6 is 0 Å². The van der Waals surface area contributed by atoms with E-state index in [1.165, 1.54) is 43.5 Å². The van der Waals surface area contributed by atoms with Crippen molar-refractivity contribution in [2.45, 2.75) is 0 Å². The number of nitrogens with one attached hydrogen (secondary N) is 1. The topological polar surface area (TPSA) is 189 Å². The lowest BCUT2D eigenvalue weighted by molar-refractivity contribution is -0.393. The zero-order chi connectivity index (χ0) is 25.5. The number of hydrazone groups is 1. The maximum Gasteiger partial charge on any atom is 0.343 e. The van der Waals surface area contributed by atoms with E-state index in [-0.39, 0.29) is 22.6 Å². The van der Waals surface area contributed by atoms with Crippen molar-refractivity contribution >= 4 is 34.9 Å². The molecule has 35 heavy (non-hydrogen) atoms. The van der Waals surface area contributed by atoms with E-state index >= 15 is 0 Å². The Balaban J connectivity index is 1.78. The van der Waals surface area contributed by atoms with E-state index in [1.807, 2.05) is 0 Å². The molecule has 14 heteroatoms. The number of carbonyl (C=O) groups excluding carboxylic acids is 1. The molecule has 3 aromatic carbocycles. The molecule has 0 aliphatic heterocycles. The van der Waals surface area contributed by atoms with Crippen LogP contribution in [0.4, 0.5) is 22.7 Å². The molecular weight excluding hydrogens is 466 g/mol. The van der Waals surface area contributed by atoms with Crippen molar-refractivity contribution in [3.8, 4) is 11.5 Å². The van der Waals surface area contributed by atoms with Crippen LogP contribution in [0, 0.1) is 30.3 Å². The number of hydrogen-bond donors (Lipinski definition) is 1. The van der Waals surface area contributed by atoms with Gasteiger partial charge < -0.3 is 9.47 Å². The summed E-state index contributed by atoms with van der Waals surface area (Å²) in [6, 6.07) is 12.6. The maximum absolute atomic E-state index is 12.3. The number of methoxy groups -OCH3 is 1. The average molecular weight is 481 g/mol. The molecule has 1 N–H and O–H groups in total. The van der Waals surface area contributed by atoms with Crippen LogP contribution in [0.2, 0.25) is 0 Å². The quantitative estimate of drug-likeness (QED) is 0.153. The Morgan fingerprint density at radius 3 is 2.17 bits per heavy atom. The van der Waals surface area contributed by atoms with Gasteiger partial charge in [-0.3, -0.25) is 35.8 Å². The lowest BCUT2D eigenvalue weighted by Crippen LogP contribution is -2.10. The van der Waals surface area contributed by atoms with Gasteiger partial charge in [0.2, 0.25) is 5.75 Å². The second kappa shape index (κ2) is 10.5. The third-order valence-electron chi connectivity index (χ3n) is 4.50. The Kier molecular flexibility index (Phi) is 7.26. The third-order valence-corrected chi connectivity index (χ3v) is 4.50. The smallest absolute Gasteiger partial charge is 0.343 e. The molecule has 3 aromatic rings. The molecule has 0 atom stereocenters. The summed E-state index contributed by atoms with van der Waals surface area (Å²) >= 11 is 0. The Morgan fingerprint density at radius 2 is 1.57 bits per heavy atom. The number of anilines is 1. The number of nitrogens with zero attached hydrogens (tertiary/aromatic N) is 4. The fraction of sp³-hybridized carbons (Fsp3) is 0.0476. The summed E-state index contributed by atoms with van der Waals surface area (Å²) in [6.45, 7) is 0. The van der Waals surface area contributed by atoms with Crippen molar-refractivity contribution < 1.29 is 29.0 Å². The van der Waals surface area contributed by atoms with Crippen molar-refractivity contribution in [3.63, 3.8) is 0 Å². The van der Waals surface area contributed by atoms with Gasteiger partial charge in [-0.25, -0.2) is 4.79 Å². The van der Waals surface area contributed by atoms with Crippen LogP contribution in [0.1, 0.15) is 15.9 Å². The van der Waals surface area contributed by atoms with E-state index in [0.717, 1.165) is 30.5 Å². The predicted molar refractivity (Wildman–Crippen MR) is 122 cm³/mol. The molecule has 0 heterocycles. The van der Waals surface area contributed by atoms with Crippen LogP contribution in [0.5, 0.6) is 11.5 Å². The molecule has 14 nitrogen and oxygen atoms in total. The van der Waals surface area contributed by atoms with E-state index in [1.54, 1.807) is 0 Å². The lowest BCUT2D eigenvalue weighted by Gasteiger charge is -2.07. The Morgan fingerprint density at radius 1 is 0.886 bits per heavy atom. The molecule has 0 radical (unpaired) electrons. The van der Waals surface area contributed by atoms with Crippen molar-refractivity contribution in [2.24, 2.45) is 5.10 Å². The molecule has 3 rings (SSSR count). The minimum Gasteiger partial charge on any atom is -0.497 e. The zero-order valence-electron chi connectivity index (χ0n) is 17.8. The van der Waals surface area contributed by atoms with Gasteiger partial charge in [0, 0.05) is 17.7 Å². The van der Waals surface area contributed by atoms with E-state index < -0.39 is 37.8 Å². The second-order valence-electron chi connectivity index (χ2n) is 6.69. The molecule has 0 aliphatic rings. The molecule has 0 aromatic heterocycles. The number of rotatable bonds is 9. The highest BCUT2D eigenvalue weighted by Crippen LogP contribution is 2.30. The SMILES string of the molecule is COc1ccc(C(=O)Oc2ccc(C=NNc3ccc([N+](=O)[O-])cc3[N+](=O)[O-])cc2[N+](=O)[O-])cc1. The molecule has 0 bridgehead atoms. The first kappa shape index (κ1) is 24.2. The Hall–Kier alpha value is -5.40. The van der Waals surface area contributed by atoms with Gasteiger partial charge in [-0.05, 0) is 42.5 Å². The number of esters is 1. The standard InChI is InChI=1S/C21H15N5O9/c1-34-16-6-3-14(4-7-16)21(27)35-20-9-2-13(10-19(20)26(32)33)12-22-23-17-8-5-15(24(28)29)11-18(17)25(30)31/h2-12,23H,1H3. The van der Waals surface area contributed by atoms with Crippen LogP contribution in [0.3, 0.4) is 0 Å². The number of nitro benzene ring substituents is 3. The summed E-state index contributed by atoms with van der Waals surface area (Å²) in [5.41, 5.74) is 1.04. The first-order chi connectivity index (χ1) is 16.7. The molecule has 0 saturated carbocycles. The Labute approximate surface area is 195 Å². The third kappa shape index (κ3) is 5.89. The molecule has 0 fully saturated rings. The number of hydrogen-bond acceptors (Lipinski definition) is 11. The molecule has 0 amide bonds. The van der Waals surface area contributed by atoms with Crippen LogP contribution in [0.15, 0.2) is 65.8 Å². The number of non-ortho nitro benzene ring substituents is 1. The van der Waals surface area contributed by atoms with Gasteiger partial charge in [-0.15, -0.1) is 0 Å². The normalized spacial score (nSPS) is 10.5. The van der Waals surface area contributed by atoms with Crippen LogP contribution in [-0.4, -0.2) is 34.1 Å². The first-order valence-electron chi connectivity index (χ1n) is 9.56. The van der Waals surface area contributed by atoms with E-state index in [9.17, 15) is 35.1 Å². The van der Waals surface area contributed by atoms with Gasteiger partial charge >= 0.3 is 17.3 Å². The molecule has 0 aliphatic carbocycles. The predicted octanol–water partition coefficient (Wildman–Crippen LogP) is 4.09. The minimum atomic E-state index is -0.818. The molecular formula is C21H15N5O9. The van der Waals surface area contributed by atoms with Gasteiger partial charge in [-0.2, -0.15) is 5.10 Å².